The van der Waals surface area contributed by atoms with Crippen molar-refractivity contribution in [1.29, 1.82) is 0 Å². The van der Waals surface area contributed by atoms with Gasteiger partial charge in [-0.15, -0.1) is 10.2 Å². The third-order valence-corrected chi connectivity index (χ3v) is 7.06. The number of anilines is 1. The van der Waals surface area contributed by atoms with E-state index in [0.717, 1.165) is 30.0 Å². The molecule has 0 fully saturated rings. The minimum atomic E-state index is -4.60. The van der Waals surface area contributed by atoms with Crippen molar-refractivity contribution in [2.75, 3.05) is 5.32 Å². The van der Waals surface area contributed by atoms with E-state index in [1.54, 1.807) is 53.1 Å². The highest BCUT2D eigenvalue weighted by Crippen LogP contribution is 2.39. The molecule has 0 saturated heterocycles. The second kappa shape index (κ2) is 11.6. The molecule has 1 amide bonds. The molecule has 1 aromatic heterocycles. The number of nitrogens with one attached hydrogen (secondary N) is 1. The smallest absolute Gasteiger partial charge is 0.323 e. The molecule has 0 aliphatic carbocycles. The molecule has 0 unspecified atom stereocenters. The van der Waals surface area contributed by atoms with Crippen LogP contribution in [-0.2, 0) is 17.5 Å². The highest BCUT2D eigenvalue weighted by molar-refractivity contribution is 8.00. The predicted molar refractivity (Wildman–Crippen MR) is 140 cm³/mol. The van der Waals surface area contributed by atoms with Gasteiger partial charge in [0.2, 0.25) is 5.91 Å². The molecule has 1 N–H and O–H groups in total. The zero-order chi connectivity index (χ0) is 27.4. The summed E-state index contributed by atoms with van der Waals surface area (Å²) in [7, 11) is 0. The van der Waals surface area contributed by atoms with Crippen molar-refractivity contribution in [2.24, 2.45) is 5.92 Å². The lowest BCUT2D eigenvalue weighted by Gasteiger charge is -2.19. The van der Waals surface area contributed by atoms with Crippen molar-refractivity contribution < 1.29 is 22.4 Å². The molecule has 0 radical (unpaired) electrons. The fourth-order valence-electron chi connectivity index (χ4n) is 3.75. The van der Waals surface area contributed by atoms with E-state index in [2.05, 4.69) is 15.5 Å². The van der Waals surface area contributed by atoms with Crippen LogP contribution in [0, 0.1) is 11.7 Å². The van der Waals surface area contributed by atoms with Gasteiger partial charge < -0.3 is 9.88 Å². The number of halogens is 5. The summed E-state index contributed by atoms with van der Waals surface area (Å²) in [6.07, 6.45) is -4.60. The number of hydrogen-bond acceptors (Lipinski definition) is 4. The lowest BCUT2D eigenvalue weighted by atomic mass is 10.1. The molecule has 1 atom stereocenters. The van der Waals surface area contributed by atoms with Crippen LogP contribution in [0.2, 0.25) is 5.02 Å². The van der Waals surface area contributed by atoms with Gasteiger partial charge in [-0.05, 0) is 41.8 Å². The van der Waals surface area contributed by atoms with E-state index in [9.17, 15) is 22.4 Å². The SMILES string of the molecule is CC(C)Cn1c(S[C@H](C(=O)Nc2cc(C(F)(F)F)ccc2Cl)c2ccccc2)nnc1-c1ccccc1F. The number of amides is 1. The van der Waals surface area contributed by atoms with Gasteiger partial charge in [-0.25, -0.2) is 4.39 Å². The highest BCUT2D eigenvalue weighted by Gasteiger charge is 2.32. The minimum absolute atomic E-state index is 0.0343. The summed E-state index contributed by atoms with van der Waals surface area (Å²) in [6, 6.07) is 17.7. The van der Waals surface area contributed by atoms with E-state index in [-0.39, 0.29) is 22.2 Å². The topological polar surface area (TPSA) is 59.8 Å². The van der Waals surface area contributed by atoms with Crippen LogP contribution in [0.25, 0.3) is 11.4 Å². The van der Waals surface area contributed by atoms with Gasteiger partial charge in [0.25, 0.3) is 0 Å². The van der Waals surface area contributed by atoms with Crippen LogP contribution >= 0.6 is 23.4 Å². The Labute approximate surface area is 226 Å². The van der Waals surface area contributed by atoms with Crippen LogP contribution in [-0.4, -0.2) is 20.7 Å². The Balaban J connectivity index is 1.72. The zero-order valence-electron chi connectivity index (χ0n) is 20.3. The second-order valence-electron chi connectivity index (χ2n) is 8.88. The maximum atomic E-state index is 14.6. The van der Waals surface area contributed by atoms with Crippen molar-refractivity contribution in [2.45, 2.75) is 37.0 Å². The average Bonchev–Trinajstić information content (AvgIpc) is 3.25. The number of thioether (sulfide) groups is 1. The number of carbonyl (C=O) groups is 1. The van der Waals surface area contributed by atoms with Gasteiger partial charge in [0, 0.05) is 6.54 Å². The number of aromatic nitrogens is 3. The monoisotopic (exact) mass is 562 g/mol. The molecule has 38 heavy (non-hydrogen) atoms. The Morgan fingerprint density at radius 2 is 1.71 bits per heavy atom. The summed E-state index contributed by atoms with van der Waals surface area (Å²) in [5, 5.41) is 10.4. The third-order valence-electron chi connectivity index (χ3n) is 5.49. The standard InChI is InChI=1S/C27H23ClF4N4OS/c1-16(2)15-36-24(19-10-6-7-11-21(19)29)34-35-26(36)38-23(17-8-4-3-5-9-17)25(37)33-22-14-18(27(30,31)32)12-13-20(22)28/h3-14,16,23H,15H2,1-2H3,(H,33,37)/t23-/m0/s1. The fourth-order valence-corrected chi connectivity index (χ4v) is 4.96. The van der Waals surface area contributed by atoms with Gasteiger partial charge in [0.05, 0.1) is 21.8 Å². The van der Waals surface area contributed by atoms with Crippen LogP contribution in [0.4, 0.5) is 23.2 Å². The molecule has 0 aliphatic rings. The van der Waals surface area contributed by atoms with Crippen LogP contribution < -0.4 is 5.32 Å². The van der Waals surface area contributed by atoms with Crippen molar-refractivity contribution in [3.8, 4) is 11.4 Å². The Kier molecular flexibility index (Phi) is 8.42. The van der Waals surface area contributed by atoms with Crippen LogP contribution in [0.3, 0.4) is 0 Å². The molecule has 5 nitrogen and oxygen atoms in total. The summed E-state index contributed by atoms with van der Waals surface area (Å²) in [5.74, 6) is -0.608. The predicted octanol–water partition coefficient (Wildman–Crippen LogP) is 7.88. The second-order valence-corrected chi connectivity index (χ2v) is 10.4. The van der Waals surface area contributed by atoms with E-state index < -0.39 is 28.7 Å². The van der Waals surface area contributed by atoms with Gasteiger partial charge in [0.15, 0.2) is 11.0 Å². The number of alkyl halides is 3. The summed E-state index contributed by atoms with van der Waals surface area (Å²) in [5.41, 5.74) is -0.246. The van der Waals surface area contributed by atoms with Crippen LogP contribution in [0.15, 0.2) is 78.0 Å². The summed E-state index contributed by atoms with van der Waals surface area (Å²) in [6.45, 7) is 4.41. The molecule has 198 valence electrons. The van der Waals surface area contributed by atoms with Gasteiger partial charge in [0.1, 0.15) is 11.1 Å². The number of nitrogens with zero attached hydrogens (tertiary/aromatic N) is 3. The maximum absolute atomic E-state index is 14.6. The molecule has 3 aromatic carbocycles. The molecule has 0 saturated carbocycles. The Morgan fingerprint density at radius 1 is 1.03 bits per heavy atom. The van der Waals surface area contributed by atoms with E-state index in [1.807, 2.05) is 13.8 Å². The molecule has 0 aliphatic heterocycles. The van der Waals surface area contributed by atoms with Crippen LogP contribution in [0.1, 0.15) is 30.2 Å². The third kappa shape index (κ3) is 6.36. The summed E-state index contributed by atoms with van der Waals surface area (Å²) < 4.78 is 56.1. The minimum Gasteiger partial charge on any atom is -0.323 e. The quantitative estimate of drug-likeness (QED) is 0.175. The van der Waals surface area contributed by atoms with E-state index in [0.29, 0.717) is 23.1 Å². The molecule has 4 aromatic rings. The van der Waals surface area contributed by atoms with Gasteiger partial charge >= 0.3 is 6.18 Å². The molecule has 11 heteroatoms. The first kappa shape index (κ1) is 27.7. The number of hydrogen-bond donors (Lipinski definition) is 1. The zero-order valence-corrected chi connectivity index (χ0v) is 21.9. The van der Waals surface area contributed by atoms with Gasteiger partial charge in [-0.3, -0.25) is 4.79 Å². The Hall–Kier alpha value is -3.37. The van der Waals surface area contributed by atoms with E-state index in [4.69, 9.17) is 11.6 Å². The van der Waals surface area contributed by atoms with Gasteiger partial charge in [-0.2, -0.15) is 13.2 Å². The van der Waals surface area contributed by atoms with Crippen molar-refractivity contribution in [3.63, 3.8) is 0 Å². The van der Waals surface area contributed by atoms with Crippen molar-refractivity contribution in [1.82, 2.24) is 14.8 Å². The summed E-state index contributed by atoms with van der Waals surface area (Å²) in [4.78, 5) is 13.5. The molecule has 4 rings (SSSR count). The average molecular weight is 563 g/mol. The molecular formula is C27H23ClF4N4OS. The number of carbonyl (C=O) groups excluding carboxylic acids is 1. The first-order valence-corrected chi connectivity index (χ1v) is 12.9. The molecule has 0 spiro atoms. The lowest BCUT2D eigenvalue weighted by Crippen LogP contribution is -2.20. The normalized spacial score (nSPS) is 12.5. The largest absolute Gasteiger partial charge is 0.416 e. The molecule has 0 bridgehead atoms. The molecular weight excluding hydrogens is 540 g/mol. The Morgan fingerprint density at radius 3 is 2.37 bits per heavy atom. The Bertz CT molecular complexity index is 1430. The highest BCUT2D eigenvalue weighted by atomic mass is 35.5. The number of rotatable bonds is 8. The van der Waals surface area contributed by atoms with Crippen molar-refractivity contribution in [3.05, 3.63) is 94.8 Å². The van der Waals surface area contributed by atoms with E-state index in [1.165, 1.54) is 6.07 Å². The lowest BCUT2D eigenvalue weighted by molar-refractivity contribution is -0.137. The summed E-state index contributed by atoms with van der Waals surface area (Å²) >= 11 is 7.18. The van der Waals surface area contributed by atoms with Gasteiger partial charge in [-0.1, -0.05) is 79.7 Å². The first-order chi connectivity index (χ1) is 18.0. The maximum Gasteiger partial charge on any atom is 0.416 e. The van der Waals surface area contributed by atoms with E-state index >= 15 is 0 Å². The fraction of sp³-hybridized carbons (Fsp3) is 0.222. The van der Waals surface area contributed by atoms with Crippen molar-refractivity contribution >= 4 is 35.0 Å². The number of benzene rings is 3. The molecule has 1 heterocycles. The first-order valence-electron chi connectivity index (χ1n) is 11.6. The van der Waals surface area contributed by atoms with Crippen LogP contribution in [0.5, 0.6) is 0 Å².